The molecule has 1 saturated heterocycles. The van der Waals surface area contributed by atoms with Gasteiger partial charge in [0.25, 0.3) is 0 Å². The summed E-state index contributed by atoms with van der Waals surface area (Å²) in [5, 5.41) is 2.64. The summed E-state index contributed by atoms with van der Waals surface area (Å²) in [6, 6.07) is 7.13. The molecule has 7 nitrogen and oxygen atoms in total. The number of cyclic esters (lactones) is 1. The molecule has 0 spiro atoms. The average molecular weight is 334 g/mol. The van der Waals surface area contributed by atoms with E-state index < -0.39 is 17.8 Å². The van der Waals surface area contributed by atoms with Crippen molar-refractivity contribution in [2.24, 2.45) is 0 Å². The number of hydrogen-bond donors (Lipinski definition) is 1. The molecule has 0 radical (unpaired) electrons. The third-order valence-corrected chi connectivity index (χ3v) is 3.29. The van der Waals surface area contributed by atoms with Gasteiger partial charge in [0.2, 0.25) is 5.91 Å². The standard InChI is InChI=1S/C17H22N2O5/c1-17(2,3)24-15(21)18-13-7-4-12(5-8-13)6-9-14(20)19-10-11-23-16(19)22/h4-5,7-8H,6,9-11H2,1-3H3,(H,18,21). The number of nitrogens with zero attached hydrogens (tertiary/aromatic N) is 1. The number of carbonyl (C=O) groups is 3. The summed E-state index contributed by atoms with van der Waals surface area (Å²) in [6.07, 6.45) is -0.349. The van der Waals surface area contributed by atoms with Gasteiger partial charge in [0.05, 0.1) is 6.54 Å². The summed E-state index contributed by atoms with van der Waals surface area (Å²) in [5.41, 5.74) is 0.995. The Morgan fingerprint density at radius 2 is 1.92 bits per heavy atom. The van der Waals surface area contributed by atoms with Crippen LogP contribution in [0.4, 0.5) is 15.3 Å². The maximum absolute atomic E-state index is 11.9. The lowest BCUT2D eigenvalue weighted by molar-refractivity contribution is -0.127. The van der Waals surface area contributed by atoms with Gasteiger partial charge in [0.1, 0.15) is 12.2 Å². The van der Waals surface area contributed by atoms with Crippen molar-refractivity contribution in [2.75, 3.05) is 18.5 Å². The van der Waals surface area contributed by atoms with Crippen LogP contribution < -0.4 is 5.32 Å². The first-order chi connectivity index (χ1) is 11.2. The molecular formula is C17H22N2O5. The molecule has 1 fully saturated rings. The number of hydrogen-bond acceptors (Lipinski definition) is 5. The second kappa shape index (κ2) is 7.33. The molecule has 0 aromatic heterocycles. The fourth-order valence-corrected chi connectivity index (χ4v) is 2.18. The van der Waals surface area contributed by atoms with Crippen molar-refractivity contribution in [2.45, 2.75) is 39.2 Å². The van der Waals surface area contributed by atoms with Crippen molar-refractivity contribution in [3.05, 3.63) is 29.8 Å². The lowest BCUT2D eigenvalue weighted by atomic mass is 10.1. The number of anilines is 1. The van der Waals surface area contributed by atoms with E-state index in [0.29, 0.717) is 18.7 Å². The highest BCUT2D eigenvalue weighted by molar-refractivity contribution is 5.93. The lowest BCUT2D eigenvalue weighted by Gasteiger charge is -2.19. The molecule has 1 aliphatic rings. The normalized spacial score (nSPS) is 14.3. The number of imide groups is 1. The second-order valence-electron chi connectivity index (χ2n) is 6.48. The number of carbonyl (C=O) groups excluding carboxylic acids is 3. The molecule has 0 aliphatic carbocycles. The van der Waals surface area contributed by atoms with Crippen LogP contribution in [0.2, 0.25) is 0 Å². The molecule has 1 aromatic rings. The molecule has 0 bridgehead atoms. The van der Waals surface area contributed by atoms with Crippen molar-refractivity contribution in [3.63, 3.8) is 0 Å². The average Bonchev–Trinajstić information content (AvgIpc) is 2.90. The first-order valence-electron chi connectivity index (χ1n) is 7.81. The lowest BCUT2D eigenvalue weighted by Crippen LogP contribution is -2.31. The van der Waals surface area contributed by atoms with E-state index in [-0.39, 0.29) is 18.9 Å². The minimum absolute atomic E-state index is 0.230. The molecule has 3 amide bonds. The third kappa shape index (κ3) is 5.26. The van der Waals surface area contributed by atoms with Crippen LogP contribution >= 0.6 is 0 Å². The number of ether oxygens (including phenoxy) is 2. The number of rotatable bonds is 4. The Kier molecular flexibility index (Phi) is 5.43. The Labute approximate surface area is 140 Å². The third-order valence-electron chi connectivity index (χ3n) is 3.29. The van der Waals surface area contributed by atoms with Gasteiger partial charge in [-0.15, -0.1) is 0 Å². The first-order valence-corrected chi connectivity index (χ1v) is 7.81. The number of nitrogens with one attached hydrogen (secondary N) is 1. The second-order valence-corrected chi connectivity index (χ2v) is 6.48. The highest BCUT2D eigenvalue weighted by Gasteiger charge is 2.27. The van der Waals surface area contributed by atoms with Gasteiger partial charge < -0.3 is 9.47 Å². The zero-order chi connectivity index (χ0) is 17.7. The Balaban J connectivity index is 1.82. The van der Waals surface area contributed by atoms with E-state index in [2.05, 4.69) is 5.32 Å². The van der Waals surface area contributed by atoms with Crippen LogP contribution in [0.25, 0.3) is 0 Å². The minimum atomic E-state index is -0.572. The van der Waals surface area contributed by atoms with Crippen LogP contribution in [-0.4, -0.2) is 41.7 Å². The maximum atomic E-state index is 11.9. The molecule has 1 aliphatic heterocycles. The van der Waals surface area contributed by atoms with Crippen LogP contribution in [0.3, 0.4) is 0 Å². The monoisotopic (exact) mass is 334 g/mol. The van der Waals surface area contributed by atoms with Crippen molar-refractivity contribution in [1.29, 1.82) is 0 Å². The molecule has 2 rings (SSSR count). The van der Waals surface area contributed by atoms with Crippen LogP contribution in [0, 0.1) is 0 Å². The first kappa shape index (κ1) is 17.8. The Hall–Kier alpha value is -2.57. The Morgan fingerprint density at radius 1 is 1.25 bits per heavy atom. The van der Waals surface area contributed by atoms with Gasteiger partial charge in [-0.3, -0.25) is 10.1 Å². The van der Waals surface area contributed by atoms with Gasteiger partial charge in [-0.2, -0.15) is 0 Å². The molecule has 1 heterocycles. The summed E-state index contributed by atoms with van der Waals surface area (Å²) >= 11 is 0. The fourth-order valence-electron chi connectivity index (χ4n) is 2.18. The van der Waals surface area contributed by atoms with E-state index >= 15 is 0 Å². The number of amides is 3. The smallest absolute Gasteiger partial charge is 0.416 e. The predicted octanol–water partition coefficient (Wildman–Crippen LogP) is 2.95. The molecular weight excluding hydrogens is 312 g/mol. The van der Waals surface area contributed by atoms with Crippen molar-refractivity contribution in [3.8, 4) is 0 Å². The topological polar surface area (TPSA) is 84.9 Å². The molecule has 0 atom stereocenters. The van der Waals surface area contributed by atoms with Gasteiger partial charge >= 0.3 is 12.2 Å². The number of benzene rings is 1. The number of aryl methyl sites for hydroxylation is 1. The molecule has 1 aromatic carbocycles. The molecule has 0 unspecified atom stereocenters. The largest absolute Gasteiger partial charge is 0.447 e. The van der Waals surface area contributed by atoms with Crippen LogP contribution in [0.1, 0.15) is 32.8 Å². The van der Waals surface area contributed by atoms with Gasteiger partial charge in [-0.05, 0) is 44.9 Å². The minimum Gasteiger partial charge on any atom is -0.447 e. The highest BCUT2D eigenvalue weighted by Crippen LogP contribution is 2.15. The zero-order valence-electron chi connectivity index (χ0n) is 14.1. The fraction of sp³-hybridized carbons (Fsp3) is 0.471. The highest BCUT2D eigenvalue weighted by atomic mass is 16.6. The SMILES string of the molecule is CC(C)(C)OC(=O)Nc1ccc(CCC(=O)N2CCOC2=O)cc1. The van der Waals surface area contributed by atoms with E-state index in [0.717, 1.165) is 10.5 Å². The quantitative estimate of drug-likeness (QED) is 0.915. The van der Waals surface area contributed by atoms with Crippen molar-refractivity contribution < 1.29 is 23.9 Å². The molecule has 7 heteroatoms. The van der Waals surface area contributed by atoms with E-state index in [9.17, 15) is 14.4 Å². The van der Waals surface area contributed by atoms with Gasteiger partial charge in [0.15, 0.2) is 0 Å². The summed E-state index contributed by atoms with van der Waals surface area (Å²) in [6.45, 7) is 5.96. The van der Waals surface area contributed by atoms with Gasteiger partial charge in [-0.1, -0.05) is 12.1 Å². The van der Waals surface area contributed by atoms with Crippen molar-refractivity contribution in [1.82, 2.24) is 4.90 Å². The van der Waals surface area contributed by atoms with E-state index in [1.807, 2.05) is 12.1 Å². The molecule has 0 saturated carbocycles. The summed E-state index contributed by atoms with van der Waals surface area (Å²) in [7, 11) is 0. The van der Waals surface area contributed by atoms with Crippen LogP contribution in [0.15, 0.2) is 24.3 Å². The van der Waals surface area contributed by atoms with E-state index in [1.165, 1.54) is 0 Å². The summed E-state index contributed by atoms with van der Waals surface area (Å²) < 4.78 is 9.91. The predicted molar refractivity (Wildman–Crippen MR) is 87.7 cm³/mol. The van der Waals surface area contributed by atoms with Crippen LogP contribution in [-0.2, 0) is 20.7 Å². The van der Waals surface area contributed by atoms with E-state index in [4.69, 9.17) is 9.47 Å². The van der Waals surface area contributed by atoms with Gasteiger partial charge in [-0.25, -0.2) is 14.5 Å². The zero-order valence-corrected chi connectivity index (χ0v) is 14.1. The summed E-state index contributed by atoms with van der Waals surface area (Å²) in [4.78, 5) is 36.0. The van der Waals surface area contributed by atoms with Crippen LogP contribution in [0.5, 0.6) is 0 Å². The molecule has 130 valence electrons. The molecule has 24 heavy (non-hydrogen) atoms. The summed E-state index contributed by atoms with van der Waals surface area (Å²) in [5.74, 6) is -0.242. The van der Waals surface area contributed by atoms with E-state index in [1.54, 1.807) is 32.9 Å². The molecule has 1 N–H and O–H groups in total. The Bertz CT molecular complexity index is 619. The van der Waals surface area contributed by atoms with Crippen molar-refractivity contribution >= 4 is 23.8 Å². The van der Waals surface area contributed by atoms with Gasteiger partial charge in [0, 0.05) is 12.1 Å². The maximum Gasteiger partial charge on any atom is 0.416 e. The Morgan fingerprint density at radius 3 is 2.46 bits per heavy atom.